The molecule has 3 amide bonds. The molecule has 0 radical (unpaired) electrons. The molecular formula is C26H31N3O5S. The molecule has 2 heterocycles. The highest BCUT2D eigenvalue weighted by molar-refractivity contribution is 7.92. The van der Waals surface area contributed by atoms with E-state index >= 15 is 0 Å². The topological polar surface area (TPSA) is 104 Å². The molecule has 0 aliphatic carbocycles. The summed E-state index contributed by atoms with van der Waals surface area (Å²) in [5.74, 6) is -0.883. The number of amides is 3. The lowest BCUT2D eigenvalue weighted by molar-refractivity contribution is -0.130. The number of anilines is 1. The summed E-state index contributed by atoms with van der Waals surface area (Å²) in [6, 6.07) is 11.5. The summed E-state index contributed by atoms with van der Waals surface area (Å²) in [7, 11) is -3.44. The van der Waals surface area contributed by atoms with Crippen LogP contribution < -0.4 is 9.62 Å². The summed E-state index contributed by atoms with van der Waals surface area (Å²) in [5, 5.41) is 2.74. The zero-order valence-electron chi connectivity index (χ0n) is 20.9. The fourth-order valence-electron chi connectivity index (χ4n) is 4.86. The minimum atomic E-state index is -3.44. The van der Waals surface area contributed by atoms with Gasteiger partial charge in [0.25, 0.3) is 5.91 Å². The van der Waals surface area contributed by atoms with Crippen LogP contribution >= 0.6 is 0 Å². The Labute approximate surface area is 206 Å². The monoisotopic (exact) mass is 497 g/mol. The molecule has 0 aromatic heterocycles. The van der Waals surface area contributed by atoms with E-state index in [-0.39, 0.29) is 11.5 Å². The third-order valence-corrected chi connectivity index (χ3v) is 8.09. The van der Waals surface area contributed by atoms with Crippen molar-refractivity contribution in [2.75, 3.05) is 17.1 Å². The fourth-order valence-corrected chi connectivity index (χ4v) is 6.12. The molecule has 9 heteroatoms. The molecule has 186 valence electrons. The average Bonchev–Trinajstić information content (AvgIpc) is 3.21. The molecule has 8 nitrogen and oxygen atoms in total. The molecule has 0 bridgehead atoms. The van der Waals surface area contributed by atoms with Gasteiger partial charge in [0.15, 0.2) is 5.78 Å². The maximum atomic E-state index is 13.3. The van der Waals surface area contributed by atoms with Gasteiger partial charge in [-0.25, -0.2) is 13.2 Å². The van der Waals surface area contributed by atoms with Gasteiger partial charge in [-0.1, -0.05) is 45.0 Å². The lowest BCUT2D eigenvalue weighted by atomic mass is 9.84. The Balaban J connectivity index is 1.55. The van der Waals surface area contributed by atoms with Crippen LogP contribution in [0.1, 0.15) is 61.7 Å². The van der Waals surface area contributed by atoms with Gasteiger partial charge in [0.05, 0.1) is 18.5 Å². The SMILES string of the molecule is C[C@@H]1Cc2cc(C(=O)CN3C(=O)N[C@@](C)(c4ccc(C(C)(C)C)cc4)C3=O)ccc2N1S(C)(=O)=O. The van der Waals surface area contributed by atoms with E-state index in [9.17, 15) is 22.8 Å². The molecule has 0 unspecified atom stereocenters. The zero-order chi connectivity index (χ0) is 25.9. The molecule has 1 saturated heterocycles. The number of ketones is 1. The second kappa shape index (κ2) is 8.19. The molecule has 2 aromatic carbocycles. The first-order valence-electron chi connectivity index (χ1n) is 11.5. The van der Waals surface area contributed by atoms with Gasteiger partial charge >= 0.3 is 6.03 Å². The predicted molar refractivity (Wildman–Crippen MR) is 134 cm³/mol. The lowest BCUT2D eigenvalue weighted by Crippen LogP contribution is -2.41. The number of sulfonamides is 1. The molecule has 1 fully saturated rings. The van der Waals surface area contributed by atoms with E-state index < -0.39 is 39.8 Å². The van der Waals surface area contributed by atoms with Gasteiger partial charge < -0.3 is 5.32 Å². The number of nitrogens with zero attached hydrogens (tertiary/aromatic N) is 2. The van der Waals surface area contributed by atoms with Crippen LogP contribution in [0.25, 0.3) is 0 Å². The first-order valence-corrected chi connectivity index (χ1v) is 13.4. The molecule has 2 aliphatic rings. The van der Waals surface area contributed by atoms with Gasteiger partial charge in [0.1, 0.15) is 5.54 Å². The molecule has 0 spiro atoms. The molecular weight excluding hydrogens is 466 g/mol. The summed E-state index contributed by atoms with van der Waals surface area (Å²) in [6.45, 7) is 9.34. The minimum absolute atomic E-state index is 0.0488. The van der Waals surface area contributed by atoms with Gasteiger partial charge in [0, 0.05) is 11.6 Å². The number of benzene rings is 2. The summed E-state index contributed by atoms with van der Waals surface area (Å²) >= 11 is 0. The van der Waals surface area contributed by atoms with E-state index in [0.717, 1.165) is 22.3 Å². The second-order valence-electron chi connectivity index (χ2n) is 10.7. The number of urea groups is 1. The molecule has 2 aromatic rings. The minimum Gasteiger partial charge on any atom is -0.319 e. The van der Waals surface area contributed by atoms with Crippen molar-refractivity contribution in [1.29, 1.82) is 0 Å². The predicted octanol–water partition coefficient (Wildman–Crippen LogP) is 3.34. The summed E-state index contributed by atoms with van der Waals surface area (Å²) < 4.78 is 25.6. The molecule has 2 aliphatic heterocycles. The number of fused-ring (bicyclic) bond motifs is 1. The van der Waals surface area contributed by atoms with Crippen LogP contribution in [0, 0.1) is 0 Å². The highest BCUT2D eigenvalue weighted by atomic mass is 32.2. The highest BCUT2D eigenvalue weighted by Gasteiger charge is 2.49. The second-order valence-corrected chi connectivity index (χ2v) is 12.5. The van der Waals surface area contributed by atoms with E-state index in [0.29, 0.717) is 23.2 Å². The number of Topliss-reactive ketones (excluding diaryl/α,β-unsaturated/α-hetero) is 1. The number of hydrogen-bond acceptors (Lipinski definition) is 5. The smallest absolute Gasteiger partial charge is 0.319 e. The maximum absolute atomic E-state index is 13.3. The standard InChI is InChI=1S/C26H31N3O5S/c1-16-13-18-14-17(7-12-21(18)29(16)35(6,33)34)22(30)15-28-23(31)26(5,27-24(28)32)20-10-8-19(9-11-20)25(2,3)4/h7-12,14,16H,13,15H2,1-6H3,(H,27,32)/t16-,26+/m1/s1. The number of imide groups is 1. The van der Waals surface area contributed by atoms with Crippen molar-refractivity contribution in [1.82, 2.24) is 10.2 Å². The molecule has 1 N–H and O–H groups in total. The fraction of sp³-hybridized carbons (Fsp3) is 0.423. The number of hydrogen-bond donors (Lipinski definition) is 1. The van der Waals surface area contributed by atoms with Gasteiger partial charge in [0.2, 0.25) is 10.0 Å². The van der Waals surface area contributed by atoms with Crippen molar-refractivity contribution in [2.45, 2.75) is 58.0 Å². The maximum Gasteiger partial charge on any atom is 0.325 e. The van der Waals surface area contributed by atoms with Gasteiger partial charge in [-0.2, -0.15) is 0 Å². The van der Waals surface area contributed by atoms with Crippen molar-refractivity contribution in [3.63, 3.8) is 0 Å². The van der Waals surface area contributed by atoms with E-state index in [4.69, 9.17) is 0 Å². The molecule has 4 rings (SSSR count). The third kappa shape index (κ3) is 4.33. The summed E-state index contributed by atoms with van der Waals surface area (Å²) in [5.41, 5.74) is 2.06. The number of carbonyl (C=O) groups excluding carboxylic acids is 3. The Morgan fingerprint density at radius 2 is 1.74 bits per heavy atom. The highest BCUT2D eigenvalue weighted by Crippen LogP contribution is 2.35. The Hall–Kier alpha value is -3.20. The Kier molecular flexibility index (Phi) is 5.83. The molecule has 2 atom stereocenters. The van der Waals surface area contributed by atoms with Crippen LogP contribution in [0.2, 0.25) is 0 Å². The van der Waals surface area contributed by atoms with E-state index in [1.165, 1.54) is 4.31 Å². The zero-order valence-corrected chi connectivity index (χ0v) is 21.7. The number of carbonyl (C=O) groups is 3. The van der Waals surface area contributed by atoms with E-state index in [1.54, 1.807) is 25.1 Å². The van der Waals surface area contributed by atoms with Crippen molar-refractivity contribution < 1.29 is 22.8 Å². The molecule has 0 saturated carbocycles. The normalized spacial score (nSPS) is 22.4. The Bertz CT molecular complexity index is 1330. The quantitative estimate of drug-likeness (QED) is 0.504. The van der Waals surface area contributed by atoms with E-state index in [1.807, 2.05) is 31.2 Å². The lowest BCUT2D eigenvalue weighted by Gasteiger charge is -2.24. The van der Waals surface area contributed by atoms with E-state index in [2.05, 4.69) is 26.1 Å². The van der Waals surface area contributed by atoms with Crippen LogP contribution in [0.3, 0.4) is 0 Å². The number of nitrogens with one attached hydrogen (secondary N) is 1. The number of rotatable bonds is 5. The van der Waals surface area contributed by atoms with Crippen molar-refractivity contribution in [3.8, 4) is 0 Å². The van der Waals surface area contributed by atoms with Gasteiger partial charge in [-0.15, -0.1) is 0 Å². The van der Waals surface area contributed by atoms with Crippen LogP contribution in [0.15, 0.2) is 42.5 Å². The average molecular weight is 498 g/mol. The Morgan fingerprint density at radius 1 is 1.11 bits per heavy atom. The van der Waals surface area contributed by atoms with Crippen LogP contribution in [0.5, 0.6) is 0 Å². The molecule has 35 heavy (non-hydrogen) atoms. The van der Waals surface area contributed by atoms with Gasteiger partial charge in [-0.05, 0) is 60.6 Å². The largest absolute Gasteiger partial charge is 0.325 e. The Morgan fingerprint density at radius 3 is 2.31 bits per heavy atom. The first kappa shape index (κ1) is 24.9. The third-order valence-electron chi connectivity index (χ3n) is 6.82. The van der Waals surface area contributed by atoms with Gasteiger partial charge in [-0.3, -0.25) is 18.8 Å². The van der Waals surface area contributed by atoms with Crippen molar-refractivity contribution in [3.05, 3.63) is 64.7 Å². The van der Waals surface area contributed by atoms with Crippen LogP contribution in [0.4, 0.5) is 10.5 Å². The summed E-state index contributed by atoms with van der Waals surface area (Å²) in [4.78, 5) is 40.0. The van der Waals surface area contributed by atoms with Crippen LogP contribution in [-0.2, 0) is 32.2 Å². The first-order chi connectivity index (χ1) is 16.1. The summed E-state index contributed by atoms with van der Waals surface area (Å²) in [6.07, 6.45) is 1.64. The van der Waals surface area contributed by atoms with Crippen molar-refractivity contribution >= 4 is 33.4 Å². The van der Waals surface area contributed by atoms with Crippen molar-refractivity contribution in [2.24, 2.45) is 0 Å². The van der Waals surface area contributed by atoms with Crippen LogP contribution in [-0.4, -0.2) is 49.9 Å².